The molecule has 2 aromatic heterocycles. The Kier molecular flexibility index (Phi) is 13.1. The third-order valence-corrected chi connectivity index (χ3v) is 5.10. The normalized spacial score (nSPS) is 19.0. The second kappa shape index (κ2) is 13.5. The summed E-state index contributed by atoms with van der Waals surface area (Å²) in [5.74, 6) is 0. The van der Waals surface area contributed by atoms with E-state index in [0.717, 1.165) is 24.5 Å². The van der Waals surface area contributed by atoms with Crippen molar-refractivity contribution in [2.75, 3.05) is 14.1 Å². The van der Waals surface area contributed by atoms with E-state index in [-0.39, 0.29) is 41.9 Å². The van der Waals surface area contributed by atoms with Gasteiger partial charge in [-0.2, -0.15) is 0 Å². The minimum atomic E-state index is 0. The molecule has 1 fully saturated rings. The minimum absolute atomic E-state index is 0. The summed E-state index contributed by atoms with van der Waals surface area (Å²) in [4.78, 5) is 13.9. The average molecular weight is 451 g/mol. The topological polar surface area (TPSA) is 32.3 Å². The van der Waals surface area contributed by atoms with Gasteiger partial charge in [-0.1, -0.05) is 25.0 Å². The van der Waals surface area contributed by atoms with Gasteiger partial charge in [0.15, 0.2) is 0 Å². The first-order valence-corrected chi connectivity index (χ1v) is 8.94. The molecule has 150 valence electrons. The summed E-state index contributed by atoms with van der Waals surface area (Å²) >= 11 is 0. The summed E-state index contributed by atoms with van der Waals surface area (Å²) in [7, 11) is 4.48. The van der Waals surface area contributed by atoms with Gasteiger partial charge in [0.25, 0.3) is 0 Å². The Balaban J connectivity index is 0.00000225. The van der Waals surface area contributed by atoms with Crippen molar-refractivity contribution in [3.05, 3.63) is 60.2 Å². The first-order valence-electron chi connectivity index (χ1n) is 8.94. The predicted octanol–water partition coefficient (Wildman–Crippen LogP) is -2.64. The van der Waals surface area contributed by atoms with E-state index in [2.05, 4.69) is 58.1 Å². The van der Waals surface area contributed by atoms with Crippen LogP contribution in [0.4, 0.5) is 0 Å². The summed E-state index contributed by atoms with van der Waals surface area (Å²) in [6.07, 6.45) is 8.95. The van der Waals surface area contributed by atoms with E-state index in [1.807, 2.05) is 24.5 Å². The van der Waals surface area contributed by atoms with Crippen LogP contribution in [0, 0.1) is 0 Å². The summed E-state index contributed by atoms with van der Waals surface area (Å²) in [5.41, 5.74) is 2.30. The molecule has 7 heteroatoms. The molecule has 0 spiro atoms. The molecule has 0 bridgehead atoms. The van der Waals surface area contributed by atoms with Crippen molar-refractivity contribution in [2.24, 2.45) is 0 Å². The summed E-state index contributed by atoms with van der Waals surface area (Å²) in [6, 6.07) is 13.5. The second-order valence-corrected chi connectivity index (χ2v) is 6.89. The maximum absolute atomic E-state index is 4.49. The van der Waals surface area contributed by atoms with Crippen LogP contribution in [0.3, 0.4) is 0 Å². The molecule has 2 aromatic rings. The van der Waals surface area contributed by atoms with E-state index in [0.29, 0.717) is 12.1 Å². The average Bonchev–Trinajstić information content (AvgIpc) is 2.63. The second-order valence-electron chi connectivity index (χ2n) is 6.89. The molecule has 2 heterocycles. The molecule has 0 radical (unpaired) electrons. The fourth-order valence-corrected chi connectivity index (χ4v) is 3.85. The number of rotatable bonds is 6. The quantitative estimate of drug-likeness (QED) is 0.450. The number of pyridine rings is 2. The molecule has 0 saturated heterocycles. The van der Waals surface area contributed by atoms with Crippen LogP contribution in [0.15, 0.2) is 48.8 Å². The summed E-state index contributed by atoms with van der Waals surface area (Å²) in [5, 5.41) is 0. The first-order chi connectivity index (χ1) is 11.7. The van der Waals surface area contributed by atoms with Crippen molar-refractivity contribution in [3.63, 3.8) is 0 Å². The molecule has 2 atom stereocenters. The van der Waals surface area contributed by atoms with Crippen LogP contribution in [-0.4, -0.2) is 45.9 Å². The number of nitrogens with zero attached hydrogens (tertiary/aromatic N) is 4. The van der Waals surface area contributed by atoms with Crippen LogP contribution in [0.2, 0.25) is 0 Å². The molecule has 0 amide bonds. The Bertz CT molecular complexity index is 562. The zero-order chi connectivity index (χ0) is 16.8. The molecule has 3 rings (SSSR count). The van der Waals surface area contributed by atoms with Gasteiger partial charge in [0.2, 0.25) is 0 Å². The van der Waals surface area contributed by atoms with Gasteiger partial charge in [-0.15, -0.1) is 0 Å². The molecule has 2 unspecified atom stereocenters. The molecule has 27 heavy (non-hydrogen) atoms. The van der Waals surface area contributed by atoms with E-state index >= 15 is 0 Å². The van der Waals surface area contributed by atoms with E-state index in [4.69, 9.17) is 0 Å². The zero-order valence-corrected chi connectivity index (χ0v) is 18.5. The van der Waals surface area contributed by atoms with Crippen LogP contribution >= 0.6 is 0 Å². The Morgan fingerprint density at radius 2 is 1.19 bits per heavy atom. The predicted molar refractivity (Wildman–Crippen MR) is 97.5 cm³/mol. The molecule has 1 aliphatic rings. The van der Waals surface area contributed by atoms with Gasteiger partial charge in [0.1, 0.15) is 0 Å². The van der Waals surface area contributed by atoms with Gasteiger partial charge in [0.05, 0.1) is 11.4 Å². The van der Waals surface area contributed by atoms with Crippen LogP contribution in [-0.2, 0) is 30.2 Å². The third-order valence-electron chi connectivity index (χ3n) is 5.10. The summed E-state index contributed by atoms with van der Waals surface area (Å²) < 4.78 is 0. The van der Waals surface area contributed by atoms with Gasteiger partial charge < -0.3 is 24.8 Å². The van der Waals surface area contributed by atoms with E-state index in [1.165, 1.54) is 25.7 Å². The summed E-state index contributed by atoms with van der Waals surface area (Å²) in [6.45, 7) is 1.83. The van der Waals surface area contributed by atoms with Crippen molar-refractivity contribution in [1.29, 1.82) is 0 Å². The van der Waals surface area contributed by atoms with Gasteiger partial charge in [-0.25, -0.2) is 0 Å². The Morgan fingerprint density at radius 1 is 0.778 bits per heavy atom. The molecule has 0 N–H and O–H groups in total. The van der Waals surface area contributed by atoms with Gasteiger partial charge in [0, 0.05) is 37.6 Å². The third kappa shape index (κ3) is 7.69. The van der Waals surface area contributed by atoms with E-state index in [1.54, 1.807) is 0 Å². The van der Waals surface area contributed by atoms with Crippen molar-refractivity contribution >= 4 is 0 Å². The van der Waals surface area contributed by atoms with Crippen LogP contribution in [0.25, 0.3) is 0 Å². The Morgan fingerprint density at radius 3 is 1.52 bits per heavy atom. The largest absolute Gasteiger partial charge is 2.00 e. The molecule has 1 aliphatic carbocycles. The van der Waals surface area contributed by atoms with Crippen molar-refractivity contribution in [3.8, 4) is 0 Å². The number of aromatic nitrogens is 2. The Labute approximate surface area is 186 Å². The van der Waals surface area contributed by atoms with E-state index < -0.39 is 0 Å². The maximum atomic E-state index is 4.49. The monoisotopic (exact) mass is 450 g/mol. The van der Waals surface area contributed by atoms with Crippen molar-refractivity contribution in [2.45, 2.75) is 50.9 Å². The van der Waals surface area contributed by atoms with Gasteiger partial charge in [-0.3, -0.25) is 19.8 Å². The van der Waals surface area contributed by atoms with Gasteiger partial charge >= 0.3 is 17.1 Å². The minimum Gasteiger partial charge on any atom is -1.00 e. The van der Waals surface area contributed by atoms with Gasteiger partial charge in [-0.05, 0) is 51.2 Å². The van der Waals surface area contributed by atoms with Crippen LogP contribution < -0.4 is 24.8 Å². The number of likely N-dealkylation sites (N-methyl/N-ethyl adjacent to an activating group) is 2. The number of hydrogen-bond acceptors (Lipinski definition) is 4. The molecule has 0 aliphatic heterocycles. The molecule has 0 aromatic carbocycles. The smallest absolute Gasteiger partial charge is 1.00 e. The van der Waals surface area contributed by atoms with Crippen molar-refractivity contribution in [1.82, 2.24) is 19.8 Å². The molecule has 1 saturated carbocycles. The standard InChI is InChI=1S/C20H28N4.2ClH.Fe/c1-23(15-17-9-5-7-13-21-17)19-11-3-4-12-20(19)24(2)16-18-10-6-8-14-22-18;;;/h5-10,13-14,19-20H,3-4,11-12,15-16H2,1-2H3;2*1H;/q;;;+2/p-2. The van der Waals surface area contributed by atoms with Crippen LogP contribution in [0.5, 0.6) is 0 Å². The zero-order valence-electron chi connectivity index (χ0n) is 15.9. The van der Waals surface area contributed by atoms with Crippen LogP contribution in [0.1, 0.15) is 37.1 Å². The maximum Gasteiger partial charge on any atom is 2.00 e. The Hall–Kier alpha value is -0.681. The molecule has 4 nitrogen and oxygen atoms in total. The molecular weight excluding hydrogens is 423 g/mol. The number of halogens is 2. The fourth-order valence-electron chi connectivity index (χ4n) is 3.85. The number of hydrogen-bond donors (Lipinski definition) is 0. The fraction of sp³-hybridized carbons (Fsp3) is 0.500. The first kappa shape index (κ1) is 26.3. The van der Waals surface area contributed by atoms with Crippen molar-refractivity contribution < 1.29 is 41.9 Å². The van der Waals surface area contributed by atoms with E-state index in [9.17, 15) is 0 Å². The molecular formula is C20H28Cl2FeN4. The SMILES string of the molecule is CN(Cc1ccccn1)C1CCCCC1N(C)Cc1ccccn1.[Cl-].[Cl-].[Fe+2].